The fourth-order valence-electron chi connectivity index (χ4n) is 0.795. The van der Waals surface area contributed by atoms with Crippen LogP contribution in [0.25, 0.3) is 0 Å². The molecule has 0 unspecified atom stereocenters. The Labute approximate surface area is 52.0 Å². The van der Waals surface area contributed by atoms with Crippen LogP contribution in [-0.4, -0.2) is 34.9 Å². The maximum Gasteiger partial charge on any atom is 0.156 e. The lowest BCUT2D eigenvalue weighted by molar-refractivity contribution is -0.153. The molecule has 0 bridgehead atoms. The van der Waals surface area contributed by atoms with E-state index in [2.05, 4.69) is 0 Å². The van der Waals surface area contributed by atoms with E-state index in [0.29, 0.717) is 0 Å². The van der Waals surface area contributed by atoms with Crippen LogP contribution in [0, 0.1) is 0 Å². The second kappa shape index (κ2) is 2.24. The van der Waals surface area contributed by atoms with Crippen molar-refractivity contribution in [2.24, 2.45) is 0 Å². The first-order chi connectivity index (χ1) is 4.18. The number of piperidine rings is 1. The van der Waals surface area contributed by atoms with E-state index in [9.17, 15) is 9.59 Å². The lowest BCUT2D eigenvalue weighted by Crippen LogP contribution is -2.38. The van der Waals surface area contributed by atoms with Crippen molar-refractivity contribution in [2.75, 3.05) is 13.1 Å². The van der Waals surface area contributed by atoms with Gasteiger partial charge in [-0.15, -0.1) is 0 Å². The molecule has 0 radical (unpaired) electrons. The first kappa shape index (κ1) is 6.38. The molecular formula is C5H7NO3. The molecule has 50 valence electrons. The number of nitrogens with zero attached hydrogens (tertiary/aromatic N) is 1. The van der Waals surface area contributed by atoms with E-state index in [1.54, 1.807) is 0 Å². The van der Waals surface area contributed by atoms with Crippen molar-refractivity contribution < 1.29 is 14.8 Å². The average Bonchev–Trinajstić information content (AvgIpc) is 1.59. The third kappa shape index (κ3) is 1.58. The van der Waals surface area contributed by atoms with E-state index in [0.717, 1.165) is 5.06 Å². The van der Waals surface area contributed by atoms with Gasteiger partial charge in [0, 0.05) is 0 Å². The summed E-state index contributed by atoms with van der Waals surface area (Å²) in [4.78, 5) is 20.9. The summed E-state index contributed by atoms with van der Waals surface area (Å²) in [6.07, 6.45) is -0.0168. The molecule has 0 aromatic heterocycles. The predicted molar refractivity (Wildman–Crippen MR) is 28.0 cm³/mol. The fraction of sp³-hybridized carbons (Fsp3) is 0.600. The molecule has 4 heteroatoms. The Balaban J connectivity index is 2.53. The van der Waals surface area contributed by atoms with E-state index < -0.39 is 0 Å². The Hall–Kier alpha value is -0.740. The second-order valence-electron chi connectivity index (χ2n) is 2.08. The van der Waals surface area contributed by atoms with Gasteiger partial charge in [-0.2, -0.15) is 5.06 Å². The highest BCUT2D eigenvalue weighted by Crippen LogP contribution is 1.97. The summed E-state index contributed by atoms with van der Waals surface area (Å²) in [5, 5.41) is 9.37. The number of carbonyl (C=O) groups is 2. The summed E-state index contributed by atoms with van der Waals surface area (Å²) in [6.45, 7) is -0.0164. The zero-order valence-corrected chi connectivity index (χ0v) is 4.83. The van der Waals surface area contributed by atoms with Gasteiger partial charge in [0.1, 0.15) is 0 Å². The number of ketones is 2. The second-order valence-corrected chi connectivity index (χ2v) is 2.08. The topological polar surface area (TPSA) is 57.6 Å². The quantitative estimate of drug-likeness (QED) is 0.436. The molecule has 0 atom stereocenters. The Morgan fingerprint density at radius 2 is 1.67 bits per heavy atom. The van der Waals surface area contributed by atoms with Gasteiger partial charge in [-0.05, 0) is 0 Å². The molecule has 1 fully saturated rings. The van der Waals surface area contributed by atoms with Gasteiger partial charge in [-0.3, -0.25) is 9.59 Å². The van der Waals surface area contributed by atoms with E-state index in [1.807, 2.05) is 0 Å². The maximum atomic E-state index is 10.5. The largest absolute Gasteiger partial charge is 0.313 e. The van der Waals surface area contributed by atoms with Crippen LogP contribution in [0.5, 0.6) is 0 Å². The fourth-order valence-corrected chi connectivity index (χ4v) is 0.795. The van der Waals surface area contributed by atoms with Gasteiger partial charge in [-0.1, -0.05) is 0 Å². The molecule has 4 nitrogen and oxygen atoms in total. The third-order valence-electron chi connectivity index (χ3n) is 1.11. The van der Waals surface area contributed by atoms with Gasteiger partial charge in [0.15, 0.2) is 11.6 Å². The highest BCUT2D eigenvalue weighted by molar-refractivity contribution is 6.02. The third-order valence-corrected chi connectivity index (χ3v) is 1.11. The van der Waals surface area contributed by atoms with Gasteiger partial charge < -0.3 is 5.21 Å². The standard InChI is InChI=1S/C5H7NO3/c7-4-1-5(8)3-6(9)2-4/h9H,1-3H2. The summed E-state index contributed by atoms with van der Waals surface area (Å²) < 4.78 is 0. The van der Waals surface area contributed by atoms with Gasteiger partial charge in [0.25, 0.3) is 0 Å². The van der Waals surface area contributed by atoms with Gasteiger partial charge >= 0.3 is 0 Å². The Kier molecular flexibility index (Phi) is 1.59. The van der Waals surface area contributed by atoms with E-state index in [1.165, 1.54) is 0 Å². The van der Waals surface area contributed by atoms with E-state index >= 15 is 0 Å². The minimum Gasteiger partial charge on any atom is -0.313 e. The van der Waals surface area contributed by atoms with Crippen LogP contribution in [0.4, 0.5) is 0 Å². The molecule has 9 heavy (non-hydrogen) atoms. The van der Waals surface area contributed by atoms with Crippen molar-refractivity contribution in [3.8, 4) is 0 Å². The molecule has 1 aliphatic heterocycles. The normalized spacial score (nSPS) is 22.8. The van der Waals surface area contributed by atoms with Crippen LogP contribution in [0.2, 0.25) is 0 Å². The minimum absolute atomic E-state index is 0.00819. The van der Waals surface area contributed by atoms with Gasteiger partial charge in [-0.25, -0.2) is 0 Å². The molecule has 0 aromatic rings. The summed E-state index contributed by atoms with van der Waals surface area (Å²) in [6, 6.07) is 0. The monoisotopic (exact) mass is 129 g/mol. The van der Waals surface area contributed by atoms with E-state index in [4.69, 9.17) is 5.21 Å². The van der Waals surface area contributed by atoms with Crippen LogP contribution in [0.3, 0.4) is 0 Å². The zero-order chi connectivity index (χ0) is 6.85. The average molecular weight is 129 g/mol. The van der Waals surface area contributed by atoms with Crippen molar-refractivity contribution in [1.29, 1.82) is 0 Å². The molecule has 1 saturated heterocycles. The summed E-state index contributed by atoms with van der Waals surface area (Å²) >= 11 is 0. The van der Waals surface area contributed by atoms with Crippen molar-refractivity contribution in [3.63, 3.8) is 0 Å². The first-order valence-electron chi connectivity index (χ1n) is 2.65. The van der Waals surface area contributed by atoms with Crippen LogP contribution >= 0.6 is 0 Å². The first-order valence-corrected chi connectivity index (χ1v) is 2.65. The number of hydroxylamine groups is 2. The molecule has 1 aliphatic rings. The maximum absolute atomic E-state index is 10.5. The summed E-state index contributed by atoms with van der Waals surface area (Å²) in [7, 11) is 0. The number of rotatable bonds is 0. The van der Waals surface area contributed by atoms with Crippen LogP contribution in [0.1, 0.15) is 6.42 Å². The zero-order valence-electron chi connectivity index (χ0n) is 4.83. The summed E-state index contributed by atoms with van der Waals surface area (Å²) in [5.41, 5.74) is 0. The van der Waals surface area contributed by atoms with Crippen LogP contribution in [-0.2, 0) is 9.59 Å². The Bertz CT molecular complexity index is 138. The number of carbonyl (C=O) groups excluding carboxylic acids is 2. The SMILES string of the molecule is O=C1CC(=O)CN(O)C1. The minimum atomic E-state index is -0.214. The van der Waals surface area contributed by atoms with Gasteiger partial charge in [0.2, 0.25) is 0 Å². The van der Waals surface area contributed by atoms with Crippen LogP contribution in [0.15, 0.2) is 0 Å². The number of Topliss-reactive ketones (excluding diaryl/α,β-unsaturated/α-hetero) is 2. The molecule has 1 heterocycles. The highest BCUT2D eigenvalue weighted by Gasteiger charge is 2.20. The van der Waals surface area contributed by atoms with E-state index in [-0.39, 0.29) is 31.1 Å². The lowest BCUT2D eigenvalue weighted by Gasteiger charge is -2.16. The van der Waals surface area contributed by atoms with Crippen molar-refractivity contribution >= 4 is 11.6 Å². The molecule has 1 rings (SSSR count). The molecule has 0 aliphatic carbocycles. The molecule has 1 N–H and O–H groups in total. The molecule has 0 spiro atoms. The number of hydrogen-bond donors (Lipinski definition) is 1. The Morgan fingerprint density at radius 3 is 2.00 bits per heavy atom. The highest BCUT2D eigenvalue weighted by atomic mass is 16.5. The predicted octanol–water partition coefficient (Wildman–Crippen LogP) is -0.780. The molecular weight excluding hydrogens is 122 g/mol. The number of hydrogen-bond acceptors (Lipinski definition) is 4. The van der Waals surface area contributed by atoms with Crippen molar-refractivity contribution in [2.45, 2.75) is 6.42 Å². The lowest BCUT2D eigenvalue weighted by atomic mass is 10.1. The van der Waals surface area contributed by atoms with Gasteiger partial charge in [0.05, 0.1) is 19.5 Å². The van der Waals surface area contributed by atoms with Crippen LogP contribution < -0.4 is 0 Å². The van der Waals surface area contributed by atoms with Crippen molar-refractivity contribution in [1.82, 2.24) is 5.06 Å². The molecule has 0 saturated carbocycles. The smallest absolute Gasteiger partial charge is 0.156 e. The molecule has 0 aromatic carbocycles. The van der Waals surface area contributed by atoms with Crippen molar-refractivity contribution in [3.05, 3.63) is 0 Å². The molecule has 0 amide bonds. The Morgan fingerprint density at radius 1 is 1.22 bits per heavy atom. The summed E-state index contributed by atoms with van der Waals surface area (Å²) in [5.74, 6) is -0.428.